The molecular formula is C30H31N7O2. The number of hydrogen-bond acceptors (Lipinski definition) is 6. The Morgan fingerprint density at radius 2 is 1.85 bits per heavy atom. The van der Waals surface area contributed by atoms with Crippen LogP contribution in [0.4, 0.5) is 5.82 Å². The number of amides is 1. The average Bonchev–Trinajstić information content (AvgIpc) is 3.53. The number of benzene rings is 2. The van der Waals surface area contributed by atoms with E-state index in [0.717, 1.165) is 24.2 Å². The zero-order valence-corrected chi connectivity index (χ0v) is 22.3. The predicted octanol–water partition coefficient (Wildman–Crippen LogP) is 5.71. The Morgan fingerprint density at radius 3 is 2.54 bits per heavy atom. The van der Waals surface area contributed by atoms with Crippen LogP contribution < -0.4 is 10.5 Å². The number of rotatable bonds is 6. The molecule has 1 aliphatic rings. The van der Waals surface area contributed by atoms with Gasteiger partial charge in [-0.05, 0) is 54.7 Å². The molecule has 39 heavy (non-hydrogen) atoms. The number of carbonyl (C=O) groups excluding carboxylic acids is 1. The van der Waals surface area contributed by atoms with Gasteiger partial charge in [-0.2, -0.15) is 5.10 Å². The maximum absolute atomic E-state index is 13.3. The minimum absolute atomic E-state index is 0.114. The molecule has 4 aromatic rings. The number of carbonyl (C=O) groups is 1. The fourth-order valence-corrected chi connectivity index (χ4v) is 4.86. The number of aromatic nitrogens is 4. The van der Waals surface area contributed by atoms with Crippen LogP contribution in [0.2, 0.25) is 0 Å². The number of nitrogen functional groups attached to an aromatic ring is 1. The highest BCUT2D eigenvalue weighted by Crippen LogP contribution is 2.33. The summed E-state index contributed by atoms with van der Waals surface area (Å²) in [6, 6.07) is 17.1. The third-order valence-corrected chi connectivity index (χ3v) is 6.60. The first-order chi connectivity index (χ1) is 18.7. The molecule has 9 heteroatoms. The maximum Gasteiger partial charge on any atom is 0.252 e. The molecule has 0 saturated carbocycles. The quantitative estimate of drug-likeness (QED) is 0.258. The molecule has 3 heterocycles. The average molecular weight is 522 g/mol. The lowest BCUT2D eigenvalue weighted by atomic mass is 9.95. The van der Waals surface area contributed by atoms with Gasteiger partial charge in [-0.25, -0.2) is 19.5 Å². The van der Waals surface area contributed by atoms with Crippen LogP contribution in [0.5, 0.6) is 11.5 Å². The van der Waals surface area contributed by atoms with Crippen molar-refractivity contribution >= 4 is 22.8 Å². The lowest BCUT2D eigenvalue weighted by molar-refractivity contribution is -0.127. The highest BCUT2D eigenvalue weighted by atomic mass is 16.5. The number of nitrogens with two attached hydrogens (primary N) is 1. The van der Waals surface area contributed by atoms with Crippen molar-refractivity contribution in [1.29, 1.82) is 0 Å². The second-order valence-electron chi connectivity index (χ2n) is 10.7. The van der Waals surface area contributed by atoms with E-state index in [1.54, 1.807) is 15.7 Å². The largest absolute Gasteiger partial charge is 0.457 e. The minimum Gasteiger partial charge on any atom is -0.457 e. The SMILES string of the molecule is [C-]#[N+]C(=CC(C)(C)C)C(=O)N1CCCC1Cn1nc(-c2ccc(Oc3ccccc3)cc2)c2c(N)ncnc21. The van der Waals surface area contributed by atoms with Crippen molar-refractivity contribution in [1.82, 2.24) is 24.6 Å². The van der Waals surface area contributed by atoms with E-state index in [0.29, 0.717) is 41.4 Å². The van der Waals surface area contributed by atoms with Crippen LogP contribution in [0.25, 0.3) is 27.1 Å². The molecule has 0 bridgehead atoms. The molecule has 0 spiro atoms. The van der Waals surface area contributed by atoms with E-state index < -0.39 is 0 Å². The third kappa shape index (κ3) is 5.60. The van der Waals surface area contributed by atoms with Gasteiger partial charge >= 0.3 is 0 Å². The monoisotopic (exact) mass is 521 g/mol. The number of anilines is 1. The number of ether oxygens (including phenoxy) is 1. The number of hydrogen-bond donors (Lipinski definition) is 1. The molecule has 198 valence electrons. The molecule has 0 aliphatic carbocycles. The Morgan fingerprint density at radius 1 is 1.13 bits per heavy atom. The van der Waals surface area contributed by atoms with Crippen LogP contribution in [0.15, 0.2) is 72.7 Å². The summed E-state index contributed by atoms with van der Waals surface area (Å²) in [6.45, 7) is 14.6. The molecule has 1 saturated heterocycles. The van der Waals surface area contributed by atoms with Crippen molar-refractivity contribution in [2.75, 3.05) is 12.3 Å². The molecular weight excluding hydrogens is 490 g/mol. The van der Waals surface area contributed by atoms with E-state index in [4.69, 9.17) is 22.1 Å². The molecule has 1 atom stereocenters. The lowest BCUT2D eigenvalue weighted by Gasteiger charge is -2.25. The van der Waals surface area contributed by atoms with Gasteiger partial charge in [0, 0.05) is 12.1 Å². The van der Waals surface area contributed by atoms with Gasteiger partial charge in [0.05, 0.1) is 24.5 Å². The highest BCUT2D eigenvalue weighted by Gasteiger charge is 2.32. The predicted molar refractivity (Wildman–Crippen MR) is 151 cm³/mol. The lowest BCUT2D eigenvalue weighted by Crippen LogP contribution is -2.39. The summed E-state index contributed by atoms with van der Waals surface area (Å²) in [7, 11) is 0. The third-order valence-electron chi connectivity index (χ3n) is 6.60. The molecule has 1 amide bonds. The van der Waals surface area contributed by atoms with E-state index in [2.05, 4.69) is 14.8 Å². The van der Waals surface area contributed by atoms with Crippen LogP contribution in [0.1, 0.15) is 33.6 Å². The second-order valence-corrected chi connectivity index (χ2v) is 10.7. The van der Waals surface area contributed by atoms with Crippen molar-refractivity contribution in [3.05, 3.63) is 84.1 Å². The molecule has 2 aromatic heterocycles. The summed E-state index contributed by atoms with van der Waals surface area (Å²) in [5.41, 5.74) is 8.32. The van der Waals surface area contributed by atoms with Crippen molar-refractivity contribution in [2.24, 2.45) is 5.41 Å². The van der Waals surface area contributed by atoms with Crippen molar-refractivity contribution in [3.63, 3.8) is 0 Å². The van der Waals surface area contributed by atoms with Gasteiger partial charge in [0.15, 0.2) is 5.65 Å². The first-order valence-electron chi connectivity index (χ1n) is 12.9. The van der Waals surface area contributed by atoms with Gasteiger partial charge in [0.25, 0.3) is 5.91 Å². The molecule has 1 fully saturated rings. The van der Waals surface area contributed by atoms with Gasteiger partial charge in [0.1, 0.15) is 29.3 Å². The highest BCUT2D eigenvalue weighted by molar-refractivity contribution is 5.98. The Balaban J connectivity index is 1.44. The van der Waals surface area contributed by atoms with E-state index in [9.17, 15) is 4.79 Å². The van der Waals surface area contributed by atoms with E-state index in [1.165, 1.54) is 6.33 Å². The zero-order chi connectivity index (χ0) is 27.6. The summed E-state index contributed by atoms with van der Waals surface area (Å²) in [6.07, 6.45) is 4.86. The normalized spacial score (nSPS) is 15.9. The first kappa shape index (κ1) is 25.9. The Kier molecular flexibility index (Phi) is 7.03. The second kappa shape index (κ2) is 10.6. The zero-order valence-electron chi connectivity index (χ0n) is 22.3. The van der Waals surface area contributed by atoms with Crippen LogP contribution >= 0.6 is 0 Å². The van der Waals surface area contributed by atoms with E-state index >= 15 is 0 Å². The molecule has 1 aliphatic heterocycles. The molecule has 9 nitrogen and oxygen atoms in total. The molecule has 2 N–H and O–H groups in total. The minimum atomic E-state index is -0.270. The summed E-state index contributed by atoms with van der Waals surface area (Å²) in [5, 5.41) is 5.56. The summed E-state index contributed by atoms with van der Waals surface area (Å²) >= 11 is 0. The number of fused-ring (bicyclic) bond motifs is 1. The van der Waals surface area contributed by atoms with Crippen LogP contribution in [0.3, 0.4) is 0 Å². The summed E-state index contributed by atoms with van der Waals surface area (Å²) in [4.78, 5) is 27.4. The van der Waals surface area contributed by atoms with Crippen molar-refractivity contribution in [3.8, 4) is 22.8 Å². The topological polar surface area (TPSA) is 104 Å². The fraction of sp³-hybridized carbons (Fsp3) is 0.300. The number of nitrogens with zero attached hydrogens (tertiary/aromatic N) is 6. The number of allylic oxidation sites excluding steroid dienone is 1. The van der Waals surface area contributed by atoms with Gasteiger partial charge in [-0.15, -0.1) is 0 Å². The molecule has 0 radical (unpaired) electrons. The van der Waals surface area contributed by atoms with E-state index in [-0.39, 0.29) is 23.1 Å². The first-order valence-corrected chi connectivity index (χ1v) is 12.9. The molecule has 2 aromatic carbocycles. The van der Waals surface area contributed by atoms with Crippen LogP contribution in [-0.2, 0) is 11.3 Å². The smallest absolute Gasteiger partial charge is 0.252 e. The van der Waals surface area contributed by atoms with Crippen molar-refractivity contribution in [2.45, 2.75) is 46.2 Å². The van der Waals surface area contributed by atoms with Crippen LogP contribution in [0, 0.1) is 12.0 Å². The summed E-state index contributed by atoms with van der Waals surface area (Å²) in [5.74, 6) is 1.57. The number of likely N-dealkylation sites (tertiary alicyclic amines) is 1. The van der Waals surface area contributed by atoms with Gasteiger partial charge in [-0.3, -0.25) is 4.79 Å². The fourth-order valence-electron chi connectivity index (χ4n) is 4.86. The standard InChI is InChI=1S/C30H31N7O2/c1-30(2,3)17-24(32-4)29(38)36-16-8-9-21(36)18-37-28-25(27(31)33-19-34-28)26(35-37)20-12-14-23(15-13-20)39-22-10-6-5-7-11-22/h5-7,10-15,17,19,21H,8-9,16,18H2,1-3H3,(H2,31,33,34). The van der Waals surface area contributed by atoms with Gasteiger partial charge < -0.3 is 15.4 Å². The Labute approximate surface area is 227 Å². The number of para-hydroxylation sites is 1. The Hall–Kier alpha value is -4.71. The Bertz CT molecular complexity index is 1560. The molecule has 5 rings (SSSR count). The molecule has 1 unspecified atom stereocenters. The summed E-state index contributed by atoms with van der Waals surface area (Å²) < 4.78 is 7.73. The van der Waals surface area contributed by atoms with Gasteiger partial charge in [-0.1, -0.05) is 45.0 Å². The van der Waals surface area contributed by atoms with Crippen molar-refractivity contribution < 1.29 is 9.53 Å². The van der Waals surface area contributed by atoms with E-state index in [1.807, 2.05) is 75.4 Å². The maximum atomic E-state index is 13.3. The van der Waals surface area contributed by atoms with Gasteiger partial charge in [0.2, 0.25) is 5.70 Å². The van der Waals surface area contributed by atoms with Crippen LogP contribution in [-0.4, -0.2) is 43.1 Å².